The Balaban J connectivity index is 2.53. The highest BCUT2D eigenvalue weighted by molar-refractivity contribution is 7.88. The van der Waals surface area contributed by atoms with E-state index in [1.807, 2.05) is 0 Å². The lowest BCUT2D eigenvalue weighted by molar-refractivity contribution is -0.134. The molecule has 1 unspecified atom stereocenters. The maximum Gasteiger partial charge on any atom is 0.239 e. The third kappa shape index (κ3) is 3.16. The van der Waals surface area contributed by atoms with Crippen LogP contribution in [0.3, 0.4) is 0 Å². The van der Waals surface area contributed by atoms with Crippen molar-refractivity contribution in [2.24, 2.45) is 0 Å². The second-order valence-electron chi connectivity index (χ2n) is 4.00. The van der Waals surface area contributed by atoms with Crippen molar-refractivity contribution in [3.63, 3.8) is 0 Å². The Morgan fingerprint density at radius 3 is 2.12 bits per heavy atom. The Morgan fingerprint density at radius 1 is 1.25 bits per heavy atom. The molecule has 0 aliphatic carbocycles. The topological polar surface area (TPSA) is 69.7 Å². The zero-order valence-corrected chi connectivity index (χ0v) is 10.7. The zero-order valence-electron chi connectivity index (χ0n) is 9.93. The van der Waals surface area contributed by atoms with Crippen LogP contribution in [0, 0.1) is 0 Å². The summed E-state index contributed by atoms with van der Waals surface area (Å²) in [4.78, 5) is 13.5. The van der Waals surface area contributed by atoms with Gasteiger partial charge < -0.3 is 10.2 Å². The Kier molecular flexibility index (Phi) is 4.28. The van der Waals surface area contributed by atoms with E-state index in [1.54, 1.807) is 18.9 Å². The van der Waals surface area contributed by atoms with Crippen molar-refractivity contribution < 1.29 is 13.2 Å². The highest BCUT2D eigenvalue weighted by Gasteiger charge is 2.27. The van der Waals surface area contributed by atoms with E-state index >= 15 is 0 Å². The number of hydrogen-bond acceptors (Lipinski definition) is 4. The summed E-state index contributed by atoms with van der Waals surface area (Å²) in [7, 11) is -1.39. The summed E-state index contributed by atoms with van der Waals surface area (Å²) in [5.74, 6) is 0.0238. The van der Waals surface area contributed by atoms with Crippen LogP contribution in [-0.4, -0.2) is 69.1 Å². The summed E-state index contributed by atoms with van der Waals surface area (Å²) in [5, 5.41) is 2.88. The minimum atomic E-state index is -3.12. The highest BCUT2D eigenvalue weighted by Crippen LogP contribution is 2.07. The molecule has 1 aliphatic heterocycles. The number of amides is 1. The molecule has 1 amide bonds. The second-order valence-corrected chi connectivity index (χ2v) is 5.98. The smallest absolute Gasteiger partial charge is 0.239 e. The average Bonchev–Trinajstić information content (AvgIpc) is 2.26. The molecule has 7 heteroatoms. The van der Waals surface area contributed by atoms with Crippen molar-refractivity contribution in [1.29, 1.82) is 0 Å². The van der Waals surface area contributed by atoms with E-state index in [0.29, 0.717) is 26.2 Å². The number of likely N-dealkylation sites (N-methyl/N-ethyl adjacent to an activating group) is 1. The monoisotopic (exact) mass is 249 g/mol. The maximum atomic E-state index is 11.8. The molecule has 1 atom stereocenters. The fourth-order valence-electron chi connectivity index (χ4n) is 1.64. The number of carbonyl (C=O) groups excluding carboxylic acids is 1. The first-order valence-electron chi connectivity index (χ1n) is 5.27. The van der Waals surface area contributed by atoms with Crippen LogP contribution in [0.2, 0.25) is 0 Å². The van der Waals surface area contributed by atoms with E-state index in [1.165, 1.54) is 10.6 Å². The minimum Gasteiger partial charge on any atom is -0.339 e. The van der Waals surface area contributed by atoms with E-state index < -0.39 is 10.0 Å². The molecule has 16 heavy (non-hydrogen) atoms. The molecule has 1 rings (SSSR count). The quantitative estimate of drug-likeness (QED) is 0.675. The zero-order chi connectivity index (χ0) is 12.3. The van der Waals surface area contributed by atoms with Gasteiger partial charge in [-0.3, -0.25) is 4.79 Å². The summed E-state index contributed by atoms with van der Waals surface area (Å²) < 4.78 is 23.9. The third-order valence-electron chi connectivity index (χ3n) is 2.82. The van der Waals surface area contributed by atoms with Crippen molar-refractivity contribution in [3.05, 3.63) is 0 Å². The van der Waals surface area contributed by atoms with Crippen LogP contribution in [0.4, 0.5) is 0 Å². The van der Waals surface area contributed by atoms with Gasteiger partial charge in [0, 0.05) is 26.2 Å². The molecular weight excluding hydrogens is 230 g/mol. The maximum absolute atomic E-state index is 11.8. The molecular formula is C9H19N3O3S. The first-order chi connectivity index (χ1) is 7.36. The van der Waals surface area contributed by atoms with Crippen LogP contribution in [0.5, 0.6) is 0 Å². The summed E-state index contributed by atoms with van der Waals surface area (Å²) >= 11 is 0. The fourth-order valence-corrected chi connectivity index (χ4v) is 2.46. The lowest BCUT2D eigenvalue weighted by Gasteiger charge is -2.34. The molecule has 0 aromatic carbocycles. The summed E-state index contributed by atoms with van der Waals surface area (Å²) in [5.41, 5.74) is 0. The van der Waals surface area contributed by atoms with Gasteiger partial charge in [0.25, 0.3) is 0 Å². The van der Waals surface area contributed by atoms with Crippen molar-refractivity contribution in [2.75, 3.05) is 39.5 Å². The summed E-state index contributed by atoms with van der Waals surface area (Å²) in [6.07, 6.45) is 1.20. The van der Waals surface area contributed by atoms with Gasteiger partial charge in [-0.15, -0.1) is 0 Å². The minimum absolute atomic E-state index is 0.0238. The molecule has 94 valence electrons. The lowest BCUT2D eigenvalue weighted by atomic mass is 10.2. The van der Waals surface area contributed by atoms with Crippen LogP contribution in [0.15, 0.2) is 0 Å². The van der Waals surface area contributed by atoms with E-state index in [2.05, 4.69) is 5.32 Å². The van der Waals surface area contributed by atoms with Crippen LogP contribution in [-0.2, 0) is 14.8 Å². The van der Waals surface area contributed by atoms with Crippen molar-refractivity contribution in [1.82, 2.24) is 14.5 Å². The Hall–Kier alpha value is -0.660. The van der Waals surface area contributed by atoms with Crippen LogP contribution in [0.1, 0.15) is 6.92 Å². The number of nitrogens with one attached hydrogen (secondary N) is 1. The van der Waals surface area contributed by atoms with Crippen molar-refractivity contribution in [3.8, 4) is 0 Å². The summed E-state index contributed by atoms with van der Waals surface area (Å²) in [6, 6.07) is -0.218. The number of nitrogens with zero attached hydrogens (tertiary/aromatic N) is 2. The molecule has 1 saturated heterocycles. The molecule has 1 N–H and O–H groups in total. The Labute approximate surface area is 96.6 Å². The second kappa shape index (κ2) is 5.11. The standard InChI is InChI=1S/C9H19N3O3S/c1-8(10-2)9(13)11-4-6-12(7-5-11)16(3,14)15/h8,10H,4-7H2,1-3H3. The van der Waals surface area contributed by atoms with Gasteiger partial charge in [0.15, 0.2) is 0 Å². The third-order valence-corrected chi connectivity index (χ3v) is 4.13. The molecule has 0 radical (unpaired) electrons. The van der Waals surface area contributed by atoms with Gasteiger partial charge in [-0.1, -0.05) is 0 Å². The van der Waals surface area contributed by atoms with Gasteiger partial charge >= 0.3 is 0 Å². The first kappa shape index (κ1) is 13.4. The average molecular weight is 249 g/mol. The molecule has 6 nitrogen and oxygen atoms in total. The first-order valence-corrected chi connectivity index (χ1v) is 7.12. The number of piperazine rings is 1. The van der Waals surface area contributed by atoms with E-state index in [4.69, 9.17) is 0 Å². The predicted octanol–water partition coefficient (Wildman–Crippen LogP) is -1.30. The fraction of sp³-hybridized carbons (Fsp3) is 0.889. The Morgan fingerprint density at radius 2 is 1.75 bits per heavy atom. The summed E-state index contributed by atoms with van der Waals surface area (Å²) in [6.45, 7) is 3.52. The van der Waals surface area contributed by atoms with E-state index in [0.717, 1.165) is 0 Å². The number of rotatable bonds is 3. The molecule has 1 aliphatic rings. The molecule has 0 aromatic heterocycles. The van der Waals surface area contributed by atoms with Gasteiger partial charge in [-0.05, 0) is 14.0 Å². The molecule has 1 heterocycles. The van der Waals surface area contributed by atoms with E-state index in [-0.39, 0.29) is 11.9 Å². The molecule has 1 fully saturated rings. The predicted molar refractivity (Wildman–Crippen MR) is 61.5 cm³/mol. The number of hydrogen-bond donors (Lipinski definition) is 1. The van der Waals surface area contributed by atoms with E-state index in [9.17, 15) is 13.2 Å². The largest absolute Gasteiger partial charge is 0.339 e. The van der Waals surface area contributed by atoms with Crippen LogP contribution >= 0.6 is 0 Å². The molecule has 0 spiro atoms. The highest BCUT2D eigenvalue weighted by atomic mass is 32.2. The van der Waals surface area contributed by atoms with Gasteiger partial charge in [-0.25, -0.2) is 8.42 Å². The molecule has 0 saturated carbocycles. The Bertz CT molecular complexity index is 347. The van der Waals surface area contributed by atoms with Crippen LogP contribution in [0.25, 0.3) is 0 Å². The number of carbonyl (C=O) groups is 1. The van der Waals surface area contributed by atoms with Crippen molar-refractivity contribution in [2.45, 2.75) is 13.0 Å². The van der Waals surface area contributed by atoms with Gasteiger partial charge in [0.05, 0.1) is 12.3 Å². The van der Waals surface area contributed by atoms with Gasteiger partial charge in [-0.2, -0.15) is 4.31 Å². The van der Waals surface area contributed by atoms with Gasteiger partial charge in [0.1, 0.15) is 0 Å². The van der Waals surface area contributed by atoms with Crippen molar-refractivity contribution >= 4 is 15.9 Å². The normalized spacial score (nSPS) is 20.8. The van der Waals surface area contributed by atoms with Crippen LogP contribution < -0.4 is 5.32 Å². The number of sulfonamides is 1. The molecule has 0 aromatic rings. The van der Waals surface area contributed by atoms with Gasteiger partial charge in [0.2, 0.25) is 15.9 Å². The lowest BCUT2D eigenvalue weighted by Crippen LogP contribution is -2.53. The molecule has 0 bridgehead atoms. The SMILES string of the molecule is CNC(C)C(=O)N1CCN(S(C)(=O)=O)CC1.